The smallest absolute Gasteiger partial charge is 0.199 e. The van der Waals surface area contributed by atoms with Gasteiger partial charge in [-0.25, -0.2) is 0 Å². The molecule has 0 amide bonds. The first kappa shape index (κ1) is 27.7. The summed E-state index contributed by atoms with van der Waals surface area (Å²) in [6.45, 7) is 5.69. The van der Waals surface area contributed by atoms with E-state index in [4.69, 9.17) is 0 Å². The Morgan fingerprint density at radius 3 is 1.40 bits per heavy atom. The minimum absolute atomic E-state index is 0. The summed E-state index contributed by atoms with van der Waals surface area (Å²) < 4.78 is 0. The van der Waals surface area contributed by atoms with Crippen molar-refractivity contribution in [3.8, 4) is 0 Å². The van der Waals surface area contributed by atoms with Crippen molar-refractivity contribution in [3.63, 3.8) is 0 Å². The van der Waals surface area contributed by atoms with Crippen LogP contribution in [-0.2, 0) is 21.7 Å². The molecule has 0 heterocycles. The van der Waals surface area contributed by atoms with Crippen molar-refractivity contribution in [1.82, 2.24) is 0 Å². The maximum atomic E-state index is 3.72. The molecule has 0 atom stereocenters. The monoisotopic (exact) mass is 486 g/mol. The van der Waals surface area contributed by atoms with Crippen LogP contribution < -0.4 is 0 Å². The number of hydrogen-bond donors (Lipinski definition) is 0. The van der Waals surface area contributed by atoms with E-state index in [1.54, 1.807) is 0 Å². The van der Waals surface area contributed by atoms with Gasteiger partial charge in [-0.3, -0.25) is 0 Å². The van der Waals surface area contributed by atoms with E-state index in [0.717, 1.165) is 11.1 Å². The molecule has 6 aromatic rings. The minimum Gasteiger partial charge on any atom is -0.199 e. The molecule has 0 aliphatic rings. The summed E-state index contributed by atoms with van der Waals surface area (Å²) in [5, 5.41) is 5.32. The molecule has 0 saturated heterocycles. The van der Waals surface area contributed by atoms with E-state index in [2.05, 4.69) is 97.9 Å². The number of hydrogen-bond acceptors (Lipinski definition) is 0. The number of rotatable bonds is 1. The van der Waals surface area contributed by atoms with Crippen molar-refractivity contribution < 1.29 is 21.7 Å². The predicted molar refractivity (Wildman–Crippen MR) is 149 cm³/mol. The van der Waals surface area contributed by atoms with Crippen LogP contribution in [0.2, 0.25) is 0 Å². The predicted octanol–water partition coefficient (Wildman–Crippen LogP) is 9.40. The molecule has 6 rings (SSSR count). The van der Waals surface area contributed by atoms with Crippen LogP contribution in [0.25, 0.3) is 21.5 Å². The third-order valence-corrected chi connectivity index (χ3v) is 5.02. The Labute approximate surface area is 225 Å². The van der Waals surface area contributed by atoms with Crippen LogP contribution in [0.1, 0.15) is 18.1 Å². The minimum atomic E-state index is 0. The molecule has 6 aromatic carbocycles. The van der Waals surface area contributed by atoms with E-state index >= 15 is 0 Å². The van der Waals surface area contributed by atoms with Gasteiger partial charge >= 0.3 is 21.7 Å². The Morgan fingerprint density at radius 2 is 1.00 bits per heavy atom. The van der Waals surface area contributed by atoms with Gasteiger partial charge in [0.15, 0.2) is 0 Å². The molecule has 0 unspecified atom stereocenters. The van der Waals surface area contributed by atoms with Crippen LogP contribution >= 0.6 is 0 Å². The van der Waals surface area contributed by atoms with E-state index < -0.39 is 0 Å². The van der Waals surface area contributed by atoms with Gasteiger partial charge in [0.1, 0.15) is 0 Å². The molecular formula is C34H30Ti. The fourth-order valence-corrected chi connectivity index (χ4v) is 3.32. The molecule has 35 heavy (non-hydrogen) atoms. The third kappa shape index (κ3) is 10.1. The summed E-state index contributed by atoms with van der Waals surface area (Å²) in [6.07, 6.45) is 4.99. The zero-order valence-electron chi connectivity index (χ0n) is 20.1. The summed E-state index contributed by atoms with van der Waals surface area (Å²) in [4.78, 5) is 0. The summed E-state index contributed by atoms with van der Waals surface area (Å²) in [7, 11) is 0. The average molecular weight is 486 g/mol. The van der Waals surface area contributed by atoms with E-state index in [1.807, 2.05) is 73.7 Å². The van der Waals surface area contributed by atoms with Crippen LogP contribution in [-0.4, -0.2) is 0 Å². The molecule has 0 nitrogen and oxygen atoms in total. The SMILES string of the molecule is CC=[C-]c1ccccc1.[CH2-]c1ccccc1.[Ti+4].c1ccc2[cH-]ccc2c1.c1ccc2[cH-]ccc2c1. The third-order valence-electron chi connectivity index (χ3n) is 5.02. The number of fused-ring (bicyclic) bond motifs is 2. The number of benzene rings is 4. The molecular weight excluding hydrogens is 456 g/mol. The Kier molecular flexibility index (Phi) is 12.7. The molecule has 0 aliphatic heterocycles. The van der Waals surface area contributed by atoms with Gasteiger partial charge in [0.05, 0.1) is 0 Å². The normalized spacial score (nSPS) is 9.63. The summed E-state index contributed by atoms with van der Waals surface area (Å²) in [6, 6.07) is 49.3. The van der Waals surface area contributed by atoms with Gasteiger partial charge in [-0.1, -0.05) is 31.2 Å². The largest absolute Gasteiger partial charge is 4.00 e. The summed E-state index contributed by atoms with van der Waals surface area (Å²) >= 11 is 0. The standard InChI is InChI=1S/2C9H7.C9H9.C7H7.Ti/c2*1-2-5-9-7-3-6-8(9)4-1;1-2-6-9-7-4-3-5-8-9;1-7-5-3-2-4-6-7;/h2*1-7H;2-5,7-8H,1H3;2-6H,1H2;/q4*-1;+4. The van der Waals surface area contributed by atoms with Crippen molar-refractivity contribution in [2.75, 3.05) is 0 Å². The van der Waals surface area contributed by atoms with Gasteiger partial charge in [-0.15, -0.1) is 89.6 Å². The van der Waals surface area contributed by atoms with E-state index in [-0.39, 0.29) is 21.7 Å². The molecule has 170 valence electrons. The van der Waals surface area contributed by atoms with Gasteiger partial charge in [0.25, 0.3) is 0 Å². The first-order valence-electron chi connectivity index (χ1n) is 11.4. The second-order valence-electron chi connectivity index (χ2n) is 7.59. The maximum Gasteiger partial charge on any atom is 4.00 e. The Balaban J connectivity index is 0.000000164. The maximum absolute atomic E-state index is 3.72. The van der Waals surface area contributed by atoms with Gasteiger partial charge in [0.2, 0.25) is 0 Å². The Morgan fingerprint density at radius 1 is 0.571 bits per heavy atom. The Hall–Kier alpha value is -3.58. The first-order valence-corrected chi connectivity index (χ1v) is 11.4. The molecule has 0 spiro atoms. The van der Waals surface area contributed by atoms with Crippen molar-refractivity contribution in [3.05, 3.63) is 176 Å². The van der Waals surface area contributed by atoms with Crippen molar-refractivity contribution in [2.45, 2.75) is 6.92 Å². The molecule has 0 radical (unpaired) electrons. The fourth-order valence-electron chi connectivity index (χ4n) is 3.32. The first-order chi connectivity index (χ1) is 16.8. The van der Waals surface area contributed by atoms with Crippen LogP contribution in [0.15, 0.2) is 152 Å². The topological polar surface area (TPSA) is 0 Å². The zero-order valence-corrected chi connectivity index (χ0v) is 21.7. The summed E-state index contributed by atoms with van der Waals surface area (Å²) in [5.41, 5.74) is 2.21. The molecule has 0 N–H and O–H groups in total. The quantitative estimate of drug-likeness (QED) is 0.160. The molecule has 0 bridgehead atoms. The molecule has 0 aromatic heterocycles. The summed E-state index contributed by atoms with van der Waals surface area (Å²) in [5.74, 6) is 0. The van der Waals surface area contributed by atoms with Crippen LogP contribution in [0.5, 0.6) is 0 Å². The average Bonchev–Trinajstić information content (AvgIpc) is 3.56. The fraction of sp³-hybridized carbons (Fsp3) is 0.0294. The second-order valence-corrected chi connectivity index (χ2v) is 7.59. The zero-order chi connectivity index (χ0) is 23.8. The molecule has 0 fully saturated rings. The van der Waals surface area contributed by atoms with Crippen molar-refractivity contribution >= 4 is 21.5 Å². The van der Waals surface area contributed by atoms with Crippen LogP contribution in [0.3, 0.4) is 0 Å². The van der Waals surface area contributed by atoms with Gasteiger partial charge < -0.3 is 0 Å². The van der Waals surface area contributed by atoms with Gasteiger partial charge in [0, 0.05) is 0 Å². The van der Waals surface area contributed by atoms with Crippen molar-refractivity contribution in [1.29, 1.82) is 0 Å². The van der Waals surface area contributed by atoms with Gasteiger partial charge in [-0.05, 0) is 0 Å². The molecule has 0 saturated carbocycles. The number of allylic oxidation sites excluding steroid dienone is 1. The second kappa shape index (κ2) is 16.1. The van der Waals surface area contributed by atoms with Crippen LogP contribution in [0.4, 0.5) is 0 Å². The van der Waals surface area contributed by atoms with E-state index in [9.17, 15) is 0 Å². The van der Waals surface area contributed by atoms with Gasteiger partial charge in [-0.2, -0.15) is 83.4 Å². The molecule has 1 heteroatoms. The van der Waals surface area contributed by atoms with Crippen LogP contribution in [0, 0.1) is 13.0 Å². The van der Waals surface area contributed by atoms with E-state index in [0.29, 0.717) is 0 Å². The molecule has 0 aliphatic carbocycles. The van der Waals surface area contributed by atoms with E-state index in [1.165, 1.54) is 21.5 Å². The Bertz CT molecular complexity index is 1230. The van der Waals surface area contributed by atoms with Crippen molar-refractivity contribution in [2.24, 2.45) is 0 Å².